The maximum absolute atomic E-state index is 2.24. The van der Waals surface area contributed by atoms with Gasteiger partial charge in [0.2, 0.25) is 0 Å². The number of rotatable bonds is 3. The summed E-state index contributed by atoms with van der Waals surface area (Å²) in [4.78, 5) is 0. The molecule has 5 aromatic carbocycles. The minimum absolute atomic E-state index is 1.24. The molecular formula is C27H19. The van der Waals surface area contributed by atoms with Crippen LogP contribution in [0.15, 0.2) is 115 Å². The molecule has 5 aromatic rings. The minimum atomic E-state index is 1.24. The van der Waals surface area contributed by atoms with Crippen LogP contribution in [-0.2, 0) is 0 Å². The first-order valence-corrected chi connectivity index (χ1v) is 9.30. The fourth-order valence-electron chi connectivity index (χ4n) is 3.95. The third-order valence-corrected chi connectivity index (χ3v) is 5.18. The molecule has 127 valence electrons. The van der Waals surface area contributed by atoms with Crippen molar-refractivity contribution in [3.05, 3.63) is 138 Å². The predicted molar refractivity (Wildman–Crippen MR) is 115 cm³/mol. The number of hydrogen-bond donors (Lipinski definition) is 0. The summed E-state index contributed by atoms with van der Waals surface area (Å²) < 4.78 is 0. The maximum atomic E-state index is 2.24. The van der Waals surface area contributed by atoms with Gasteiger partial charge < -0.3 is 0 Å². The van der Waals surface area contributed by atoms with Crippen LogP contribution in [0.2, 0.25) is 0 Å². The summed E-state index contributed by atoms with van der Waals surface area (Å²) >= 11 is 0. The molecule has 1 radical (unpaired) electrons. The van der Waals surface area contributed by atoms with E-state index in [0.29, 0.717) is 0 Å². The summed E-state index contributed by atoms with van der Waals surface area (Å²) in [6.07, 6.45) is 0. The van der Waals surface area contributed by atoms with Crippen LogP contribution in [0, 0.1) is 5.92 Å². The van der Waals surface area contributed by atoms with Gasteiger partial charge in [-0.2, -0.15) is 0 Å². The quantitative estimate of drug-likeness (QED) is 0.309. The molecule has 0 fully saturated rings. The second kappa shape index (κ2) is 6.74. The van der Waals surface area contributed by atoms with E-state index in [2.05, 4.69) is 115 Å². The highest BCUT2D eigenvalue weighted by Gasteiger charge is 2.21. The van der Waals surface area contributed by atoms with Gasteiger partial charge >= 0.3 is 0 Å². The third kappa shape index (κ3) is 2.80. The standard InChI is InChI=1S/C27H19/c1-2-12-22(13-3-1)27(25-18-8-14-20-10-4-6-16-23(20)25)26-19-9-15-21-11-5-7-17-24(21)26/h1-19H. The SMILES string of the molecule is c1ccc([C](c2cccc3ccccc23)c2cccc3ccccc23)cc1. The topological polar surface area (TPSA) is 0 Å². The van der Waals surface area contributed by atoms with E-state index in [4.69, 9.17) is 0 Å². The van der Waals surface area contributed by atoms with Crippen LogP contribution in [-0.4, -0.2) is 0 Å². The lowest BCUT2D eigenvalue weighted by Gasteiger charge is -2.21. The maximum Gasteiger partial charge on any atom is 0.0641 e. The van der Waals surface area contributed by atoms with Crippen molar-refractivity contribution in [2.24, 2.45) is 0 Å². The summed E-state index contributed by atoms with van der Waals surface area (Å²) in [5.74, 6) is 1.28. The highest BCUT2D eigenvalue weighted by molar-refractivity contribution is 5.94. The Labute approximate surface area is 159 Å². The molecule has 0 unspecified atom stereocenters. The minimum Gasteiger partial charge on any atom is -0.0622 e. The average Bonchev–Trinajstić information content (AvgIpc) is 2.75. The molecule has 0 aliphatic rings. The average molecular weight is 343 g/mol. The van der Waals surface area contributed by atoms with Crippen molar-refractivity contribution < 1.29 is 0 Å². The second-order valence-corrected chi connectivity index (χ2v) is 6.79. The van der Waals surface area contributed by atoms with Crippen LogP contribution in [0.25, 0.3) is 21.5 Å². The fraction of sp³-hybridized carbons (Fsp3) is 0. The molecule has 5 rings (SSSR count). The van der Waals surface area contributed by atoms with Crippen molar-refractivity contribution in [2.45, 2.75) is 0 Å². The van der Waals surface area contributed by atoms with Crippen LogP contribution in [0.5, 0.6) is 0 Å². The van der Waals surface area contributed by atoms with E-state index in [0.717, 1.165) is 0 Å². The van der Waals surface area contributed by atoms with Crippen LogP contribution < -0.4 is 0 Å². The molecule has 0 aromatic heterocycles. The van der Waals surface area contributed by atoms with Crippen molar-refractivity contribution in [2.75, 3.05) is 0 Å². The number of benzene rings is 5. The van der Waals surface area contributed by atoms with Crippen LogP contribution in [0.1, 0.15) is 16.7 Å². The third-order valence-electron chi connectivity index (χ3n) is 5.18. The molecule has 0 saturated carbocycles. The molecule has 0 heteroatoms. The monoisotopic (exact) mass is 343 g/mol. The van der Waals surface area contributed by atoms with E-state index in [1.54, 1.807) is 0 Å². The summed E-state index contributed by atoms with van der Waals surface area (Å²) in [7, 11) is 0. The van der Waals surface area contributed by atoms with Crippen molar-refractivity contribution in [1.29, 1.82) is 0 Å². The highest BCUT2D eigenvalue weighted by Crippen LogP contribution is 2.38. The highest BCUT2D eigenvalue weighted by atomic mass is 14.2. The lowest BCUT2D eigenvalue weighted by Crippen LogP contribution is -2.06. The van der Waals surface area contributed by atoms with Gasteiger partial charge in [0, 0.05) is 0 Å². The van der Waals surface area contributed by atoms with E-state index >= 15 is 0 Å². The number of hydrogen-bond acceptors (Lipinski definition) is 0. The van der Waals surface area contributed by atoms with Crippen LogP contribution in [0.4, 0.5) is 0 Å². The number of fused-ring (bicyclic) bond motifs is 2. The van der Waals surface area contributed by atoms with Crippen LogP contribution in [0.3, 0.4) is 0 Å². The zero-order valence-corrected chi connectivity index (χ0v) is 15.0. The predicted octanol–water partition coefficient (Wildman–Crippen LogP) is 7.01. The Balaban J connectivity index is 1.85. The molecule has 0 N–H and O–H groups in total. The second-order valence-electron chi connectivity index (χ2n) is 6.79. The lowest BCUT2D eigenvalue weighted by molar-refractivity contribution is 1.26. The van der Waals surface area contributed by atoms with Gasteiger partial charge in [-0.05, 0) is 38.2 Å². The first-order valence-electron chi connectivity index (χ1n) is 9.30. The van der Waals surface area contributed by atoms with Gasteiger partial charge in [-0.15, -0.1) is 0 Å². The van der Waals surface area contributed by atoms with Crippen molar-refractivity contribution >= 4 is 21.5 Å². The van der Waals surface area contributed by atoms with E-state index < -0.39 is 0 Å². The van der Waals surface area contributed by atoms with Gasteiger partial charge in [0.1, 0.15) is 0 Å². The fourth-order valence-corrected chi connectivity index (χ4v) is 3.95. The molecule has 0 nitrogen and oxygen atoms in total. The Morgan fingerprint density at radius 3 is 1.37 bits per heavy atom. The molecule has 0 spiro atoms. The lowest BCUT2D eigenvalue weighted by atomic mass is 9.81. The van der Waals surface area contributed by atoms with E-state index in [9.17, 15) is 0 Å². The molecule has 0 bridgehead atoms. The van der Waals surface area contributed by atoms with E-state index in [1.807, 2.05) is 0 Å². The Morgan fingerprint density at radius 1 is 0.370 bits per heavy atom. The van der Waals surface area contributed by atoms with E-state index in [-0.39, 0.29) is 0 Å². The summed E-state index contributed by atoms with van der Waals surface area (Å²) in [6, 6.07) is 41.2. The summed E-state index contributed by atoms with van der Waals surface area (Å²) in [5.41, 5.74) is 3.79. The Morgan fingerprint density at radius 2 is 0.815 bits per heavy atom. The Kier molecular flexibility index (Phi) is 3.95. The van der Waals surface area contributed by atoms with Crippen molar-refractivity contribution in [3.8, 4) is 0 Å². The smallest absolute Gasteiger partial charge is 0.0622 e. The summed E-state index contributed by atoms with van der Waals surface area (Å²) in [6.45, 7) is 0. The molecule has 0 saturated heterocycles. The first kappa shape index (κ1) is 15.8. The van der Waals surface area contributed by atoms with E-state index in [1.165, 1.54) is 44.2 Å². The largest absolute Gasteiger partial charge is 0.0641 e. The van der Waals surface area contributed by atoms with Gasteiger partial charge in [0.15, 0.2) is 0 Å². The molecule has 0 aliphatic carbocycles. The molecule has 27 heavy (non-hydrogen) atoms. The zero-order chi connectivity index (χ0) is 18.1. The Hall–Kier alpha value is -3.38. The van der Waals surface area contributed by atoms with Gasteiger partial charge in [-0.1, -0.05) is 115 Å². The normalized spacial score (nSPS) is 11.3. The molecule has 0 atom stereocenters. The Bertz CT molecular complexity index is 1130. The van der Waals surface area contributed by atoms with Crippen LogP contribution >= 0.6 is 0 Å². The van der Waals surface area contributed by atoms with Gasteiger partial charge in [0.25, 0.3) is 0 Å². The first-order chi connectivity index (χ1) is 13.4. The van der Waals surface area contributed by atoms with Gasteiger partial charge in [0.05, 0.1) is 5.92 Å². The summed E-state index contributed by atoms with van der Waals surface area (Å²) in [5, 5.41) is 5.10. The van der Waals surface area contributed by atoms with Gasteiger partial charge in [-0.3, -0.25) is 0 Å². The molecular weight excluding hydrogens is 324 g/mol. The van der Waals surface area contributed by atoms with Crippen molar-refractivity contribution in [3.63, 3.8) is 0 Å². The molecule has 0 aliphatic heterocycles. The van der Waals surface area contributed by atoms with Crippen molar-refractivity contribution in [1.82, 2.24) is 0 Å². The van der Waals surface area contributed by atoms with Gasteiger partial charge in [-0.25, -0.2) is 0 Å². The molecule has 0 heterocycles. The zero-order valence-electron chi connectivity index (χ0n) is 15.0. The molecule has 0 amide bonds.